The van der Waals surface area contributed by atoms with Crippen LogP contribution in [0.4, 0.5) is 0 Å². The van der Waals surface area contributed by atoms with Crippen LogP contribution >= 0.6 is 0 Å². The quantitative estimate of drug-likeness (QED) is 0.787. The highest BCUT2D eigenvalue weighted by Gasteiger charge is 2.32. The van der Waals surface area contributed by atoms with Gasteiger partial charge in [0.25, 0.3) is 5.91 Å². The summed E-state index contributed by atoms with van der Waals surface area (Å²) in [7, 11) is 0. The van der Waals surface area contributed by atoms with E-state index < -0.39 is 0 Å². The first-order valence-electron chi connectivity index (χ1n) is 8.21. The molecule has 1 aliphatic heterocycles. The molecule has 0 spiro atoms. The number of H-pyrrole nitrogens is 1. The van der Waals surface area contributed by atoms with Crippen molar-refractivity contribution in [3.63, 3.8) is 0 Å². The second-order valence-electron chi connectivity index (χ2n) is 6.13. The molecule has 1 fully saturated rings. The minimum absolute atomic E-state index is 0.0579. The van der Waals surface area contributed by atoms with Gasteiger partial charge in [-0.3, -0.25) is 9.89 Å². The fraction of sp³-hybridized carbons (Fsp3) is 0.353. The number of hydrogen-bond donors (Lipinski definition) is 1. The third-order valence-corrected chi connectivity index (χ3v) is 4.52. The van der Waals surface area contributed by atoms with Gasteiger partial charge >= 0.3 is 0 Å². The Morgan fingerprint density at radius 1 is 1.32 bits per heavy atom. The average molecular weight is 338 g/mol. The summed E-state index contributed by atoms with van der Waals surface area (Å²) >= 11 is 0. The van der Waals surface area contributed by atoms with Gasteiger partial charge in [-0.05, 0) is 38.8 Å². The first-order chi connectivity index (χ1) is 12.1. The molecular weight excluding hydrogens is 320 g/mol. The number of aromatic amines is 1. The molecule has 1 saturated heterocycles. The molecule has 1 unspecified atom stereocenters. The lowest BCUT2D eigenvalue weighted by atomic mass is 10.1. The van der Waals surface area contributed by atoms with Crippen LogP contribution < -0.4 is 0 Å². The van der Waals surface area contributed by atoms with Crippen LogP contribution in [0.5, 0.6) is 0 Å². The maximum absolute atomic E-state index is 12.7. The Hall–Kier alpha value is -3.03. The highest BCUT2D eigenvalue weighted by molar-refractivity contribution is 5.92. The summed E-state index contributed by atoms with van der Waals surface area (Å²) < 4.78 is 5.22. The number of aromatic nitrogens is 5. The Morgan fingerprint density at radius 3 is 2.92 bits per heavy atom. The van der Waals surface area contributed by atoms with Gasteiger partial charge in [0.05, 0.1) is 23.0 Å². The average Bonchev–Trinajstić information content (AvgIpc) is 3.36. The number of carbonyl (C=O) groups excluding carboxylic acids is 1. The zero-order valence-electron chi connectivity index (χ0n) is 14.1. The standard InChI is InChI=1S/C17H18N6O2/c1-10-15(11(2)25-22-10)16-18-7-5-12(20-16)14-4-3-9-23(14)17(24)13-6-8-19-21-13/h5-8,14H,3-4,9H2,1-2H3,(H,19,21). The number of likely N-dealkylation sites (tertiary alicyclic amines) is 1. The van der Waals surface area contributed by atoms with Crippen molar-refractivity contribution in [3.05, 3.63) is 47.4 Å². The van der Waals surface area contributed by atoms with E-state index in [9.17, 15) is 4.79 Å². The van der Waals surface area contributed by atoms with Gasteiger partial charge in [0, 0.05) is 18.9 Å². The topological polar surface area (TPSA) is 101 Å². The van der Waals surface area contributed by atoms with E-state index in [0.717, 1.165) is 29.8 Å². The Labute approximate surface area is 144 Å². The van der Waals surface area contributed by atoms with Crippen LogP contribution in [-0.4, -0.2) is 42.7 Å². The Balaban J connectivity index is 1.67. The molecule has 0 aliphatic carbocycles. The second-order valence-corrected chi connectivity index (χ2v) is 6.13. The summed E-state index contributed by atoms with van der Waals surface area (Å²) in [4.78, 5) is 23.6. The van der Waals surface area contributed by atoms with Gasteiger partial charge in [0.1, 0.15) is 11.5 Å². The van der Waals surface area contributed by atoms with Crippen LogP contribution in [0.1, 0.15) is 46.5 Å². The van der Waals surface area contributed by atoms with Crippen molar-refractivity contribution in [3.8, 4) is 11.4 Å². The molecule has 25 heavy (non-hydrogen) atoms. The molecule has 1 atom stereocenters. The molecule has 8 heteroatoms. The molecule has 3 aromatic rings. The number of amides is 1. The molecule has 1 aliphatic rings. The van der Waals surface area contributed by atoms with Crippen LogP contribution in [0.3, 0.4) is 0 Å². The summed E-state index contributed by atoms with van der Waals surface area (Å²) in [6, 6.07) is 3.48. The number of carbonyl (C=O) groups is 1. The zero-order chi connectivity index (χ0) is 17.4. The van der Waals surface area contributed by atoms with Gasteiger partial charge < -0.3 is 9.42 Å². The number of rotatable bonds is 3. The molecule has 1 amide bonds. The third-order valence-electron chi connectivity index (χ3n) is 4.52. The van der Waals surface area contributed by atoms with E-state index in [0.29, 0.717) is 23.8 Å². The normalized spacial score (nSPS) is 17.2. The predicted octanol–water partition coefficient (Wildman–Crippen LogP) is 2.45. The van der Waals surface area contributed by atoms with Gasteiger partial charge in [-0.2, -0.15) is 5.10 Å². The van der Waals surface area contributed by atoms with E-state index in [-0.39, 0.29) is 11.9 Å². The Morgan fingerprint density at radius 2 is 2.20 bits per heavy atom. The summed E-state index contributed by atoms with van der Waals surface area (Å²) in [5.41, 5.74) is 2.89. The van der Waals surface area contributed by atoms with Crippen molar-refractivity contribution in [2.24, 2.45) is 0 Å². The van der Waals surface area contributed by atoms with Crippen molar-refractivity contribution < 1.29 is 9.32 Å². The fourth-order valence-corrected chi connectivity index (χ4v) is 3.33. The third kappa shape index (κ3) is 2.69. The first-order valence-corrected chi connectivity index (χ1v) is 8.21. The fourth-order valence-electron chi connectivity index (χ4n) is 3.33. The SMILES string of the molecule is Cc1noc(C)c1-c1nccc(C2CCCN2C(=O)c2ccn[nH]2)n1. The highest BCUT2D eigenvalue weighted by atomic mass is 16.5. The van der Waals surface area contributed by atoms with E-state index in [1.807, 2.05) is 24.8 Å². The Bertz CT molecular complexity index is 882. The van der Waals surface area contributed by atoms with Crippen LogP contribution in [0.25, 0.3) is 11.4 Å². The molecule has 0 saturated carbocycles. The van der Waals surface area contributed by atoms with E-state index in [1.54, 1.807) is 18.5 Å². The van der Waals surface area contributed by atoms with Crippen molar-refractivity contribution in [1.82, 2.24) is 30.2 Å². The van der Waals surface area contributed by atoms with Gasteiger partial charge in [-0.1, -0.05) is 5.16 Å². The smallest absolute Gasteiger partial charge is 0.272 e. The first kappa shape index (κ1) is 15.5. The van der Waals surface area contributed by atoms with Crippen molar-refractivity contribution in [2.75, 3.05) is 6.54 Å². The zero-order valence-corrected chi connectivity index (χ0v) is 14.1. The van der Waals surface area contributed by atoms with Gasteiger partial charge in [0.15, 0.2) is 5.82 Å². The Kier molecular flexibility index (Phi) is 3.79. The molecule has 0 radical (unpaired) electrons. The lowest BCUT2D eigenvalue weighted by Gasteiger charge is -2.23. The lowest BCUT2D eigenvalue weighted by Crippen LogP contribution is -2.31. The highest BCUT2D eigenvalue weighted by Crippen LogP contribution is 2.33. The lowest BCUT2D eigenvalue weighted by molar-refractivity contribution is 0.0727. The predicted molar refractivity (Wildman–Crippen MR) is 88.6 cm³/mol. The van der Waals surface area contributed by atoms with Crippen molar-refractivity contribution >= 4 is 5.91 Å². The summed E-state index contributed by atoms with van der Waals surface area (Å²) in [5.74, 6) is 1.21. The number of nitrogens with zero attached hydrogens (tertiary/aromatic N) is 5. The minimum atomic E-state index is -0.0713. The molecule has 8 nitrogen and oxygen atoms in total. The van der Waals surface area contributed by atoms with E-state index in [1.165, 1.54) is 0 Å². The van der Waals surface area contributed by atoms with Crippen LogP contribution in [0, 0.1) is 13.8 Å². The largest absolute Gasteiger partial charge is 0.361 e. The van der Waals surface area contributed by atoms with Gasteiger partial charge in [-0.25, -0.2) is 9.97 Å². The molecule has 0 aromatic carbocycles. The van der Waals surface area contributed by atoms with Crippen LogP contribution in [0.15, 0.2) is 29.0 Å². The van der Waals surface area contributed by atoms with Crippen molar-refractivity contribution in [2.45, 2.75) is 32.7 Å². The molecule has 1 N–H and O–H groups in total. The van der Waals surface area contributed by atoms with E-state index >= 15 is 0 Å². The maximum atomic E-state index is 12.7. The van der Waals surface area contributed by atoms with Crippen LogP contribution in [-0.2, 0) is 0 Å². The molecule has 0 bridgehead atoms. The summed E-state index contributed by atoms with van der Waals surface area (Å²) in [6.07, 6.45) is 5.12. The molecule has 4 heterocycles. The second kappa shape index (κ2) is 6.12. The number of hydrogen-bond acceptors (Lipinski definition) is 6. The van der Waals surface area contributed by atoms with Gasteiger partial charge in [0.2, 0.25) is 0 Å². The summed E-state index contributed by atoms with van der Waals surface area (Å²) in [5, 5.41) is 10.6. The van der Waals surface area contributed by atoms with Crippen molar-refractivity contribution in [1.29, 1.82) is 0 Å². The minimum Gasteiger partial charge on any atom is -0.361 e. The van der Waals surface area contributed by atoms with Crippen LogP contribution in [0.2, 0.25) is 0 Å². The molecule has 4 rings (SSSR count). The molecule has 128 valence electrons. The molecule has 3 aromatic heterocycles. The van der Waals surface area contributed by atoms with E-state index in [2.05, 4.69) is 20.3 Å². The number of aryl methyl sites for hydroxylation is 2. The summed E-state index contributed by atoms with van der Waals surface area (Å²) in [6.45, 7) is 4.41. The van der Waals surface area contributed by atoms with E-state index in [4.69, 9.17) is 9.51 Å². The number of nitrogens with one attached hydrogen (secondary N) is 1. The monoisotopic (exact) mass is 338 g/mol. The van der Waals surface area contributed by atoms with Gasteiger partial charge in [-0.15, -0.1) is 0 Å². The maximum Gasteiger partial charge on any atom is 0.272 e. The molecular formula is C17H18N6O2.